The first-order valence-electron chi connectivity index (χ1n) is 11.6. The summed E-state index contributed by atoms with van der Waals surface area (Å²) in [5, 5.41) is 3.98. The van der Waals surface area contributed by atoms with Crippen molar-refractivity contribution in [3.63, 3.8) is 0 Å². The van der Waals surface area contributed by atoms with Gasteiger partial charge in [0.15, 0.2) is 0 Å². The van der Waals surface area contributed by atoms with Crippen LogP contribution in [-0.4, -0.2) is 29.1 Å². The Hall–Kier alpha value is -3.55. The smallest absolute Gasteiger partial charge is 0.359 e. The minimum atomic E-state index is -0.503. The lowest BCUT2D eigenvalue weighted by atomic mass is 9.92. The van der Waals surface area contributed by atoms with Gasteiger partial charge in [0.2, 0.25) is 0 Å². The molecule has 3 aromatic rings. The van der Waals surface area contributed by atoms with Gasteiger partial charge in [-0.1, -0.05) is 13.8 Å². The van der Waals surface area contributed by atoms with Crippen LogP contribution in [0.5, 0.6) is 5.75 Å². The third-order valence-electron chi connectivity index (χ3n) is 6.01. The Labute approximate surface area is 197 Å². The molecule has 0 radical (unpaired) electrons. The Morgan fingerprint density at radius 3 is 2.65 bits per heavy atom. The maximum absolute atomic E-state index is 12.6. The van der Waals surface area contributed by atoms with Crippen LogP contribution in [-0.2, 0) is 9.53 Å². The highest BCUT2D eigenvalue weighted by atomic mass is 16.5. The van der Waals surface area contributed by atoms with Gasteiger partial charge in [-0.15, -0.1) is 0 Å². The van der Waals surface area contributed by atoms with Crippen LogP contribution in [0.3, 0.4) is 0 Å². The second-order valence-corrected chi connectivity index (χ2v) is 9.27. The number of hydrogen-bond acceptors (Lipinski definition) is 7. The third kappa shape index (κ3) is 5.32. The molecule has 1 aromatic carbocycles. The van der Waals surface area contributed by atoms with Gasteiger partial charge in [-0.2, -0.15) is 0 Å². The number of anilines is 1. The van der Waals surface area contributed by atoms with Crippen LogP contribution in [0.1, 0.15) is 61.3 Å². The van der Waals surface area contributed by atoms with Crippen LogP contribution in [0.15, 0.2) is 39.5 Å². The van der Waals surface area contributed by atoms with Crippen molar-refractivity contribution in [3.8, 4) is 5.75 Å². The third-order valence-corrected chi connectivity index (χ3v) is 6.01. The first kappa shape index (κ1) is 23.6. The molecule has 180 valence electrons. The van der Waals surface area contributed by atoms with Gasteiger partial charge in [0.05, 0.1) is 5.92 Å². The standard InChI is InChI=1S/C26H30N2O6/c1-14(2)24(29)32-20-9-8-17-11-21(25(30)34-22(17)13-20)28-18-6-5-7-19(12-18)33-26(31)23-15(3)10-16(4)27-23/h8-11,13-14,18-19,27-28H,5-7,12H2,1-4H3. The van der Waals surface area contributed by atoms with Gasteiger partial charge in [-0.25, -0.2) is 9.59 Å². The first-order chi connectivity index (χ1) is 16.2. The molecular formula is C26H30N2O6. The number of hydrogen-bond donors (Lipinski definition) is 2. The minimum Gasteiger partial charge on any atom is -0.458 e. The summed E-state index contributed by atoms with van der Waals surface area (Å²) in [6.45, 7) is 7.28. The van der Waals surface area contributed by atoms with Crippen LogP contribution in [0.25, 0.3) is 11.0 Å². The Bertz CT molecular complexity index is 1270. The van der Waals surface area contributed by atoms with Crippen LogP contribution in [0, 0.1) is 19.8 Å². The zero-order chi connectivity index (χ0) is 24.4. The van der Waals surface area contributed by atoms with Gasteiger partial charge < -0.3 is 24.2 Å². The van der Waals surface area contributed by atoms with Crippen LogP contribution < -0.4 is 15.7 Å². The van der Waals surface area contributed by atoms with Gasteiger partial charge in [-0.3, -0.25) is 4.79 Å². The normalized spacial score (nSPS) is 18.1. The SMILES string of the molecule is Cc1cc(C)c(C(=O)OC2CCCC(Nc3cc4ccc(OC(=O)C(C)C)cc4oc3=O)C2)[nH]1. The number of aromatic amines is 1. The molecule has 1 saturated carbocycles. The Kier molecular flexibility index (Phi) is 6.77. The van der Waals surface area contributed by atoms with Crippen molar-refractivity contribution in [3.05, 3.63) is 57.7 Å². The van der Waals surface area contributed by atoms with Crippen LogP contribution in [0.2, 0.25) is 0 Å². The van der Waals surface area contributed by atoms with E-state index in [-0.39, 0.29) is 30.0 Å². The maximum atomic E-state index is 12.6. The van der Waals surface area contributed by atoms with E-state index in [1.165, 1.54) is 0 Å². The molecule has 1 aliphatic rings. The fourth-order valence-electron chi connectivity index (χ4n) is 4.24. The van der Waals surface area contributed by atoms with Gasteiger partial charge in [0, 0.05) is 29.6 Å². The lowest BCUT2D eigenvalue weighted by Crippen LogP contribution is -2.34. The highest BCUT2D eigenvalue weighted by Gasteiger charge is 2.27. The van der Waals surface area contributed by atoms with Gasteiger partial charge in [-0.05, 0) is 62.9 Å². The molecule has 8 nitrogen and oxygen atoms in total. The number of ether oxygens (including phenoxy) is 2. The van der Waals surface area contributed by atoms with Crippen molar-refractivity contribution in [1.82, 2.24) is 4.98 Å². The number of rotatable bonds is 6. The summed E-state index contributed by atoms with van der Waals surface area (Å²) in [4.78, 5) is 40.1. The molecule has 8 heteroatoms. The molecule has 0 spiro atoms. The molecule has 2 aromatic heterocycles. The summed E-state index contributed by atoms with van der Waals surface area (Å²) in [5.74, 6) is -0.632. The number of aromatic nitrogens is 1. The summed E-state index contributed by atoms with van der Waals surface area (Å²) < 4.78 is 16.5. The zero-order valence-electron chi connectivity index (χ0n) is 19.9. The molecule has 2 atom stereocenters. The second-order valence-electron chi connectivity index (χ2n) is 9.27. The number of nitrogens with one attached hydrogen (secondary N) is 2. The van der Waals surface area contributed by atoms with Crippen molar-refractivity contribution >= 4 is 28.6 Å². The number of H-pyrrole nitrogens is 1. The lowest BCUT2D eigenvalue weighted by Gasteiger charge is -2.29. The van der Waals surface area contributed by atoms with Crippen LogP contribution >= 0.6 is 0 Å². The number of fused-ring (bicyclic) bond motifs is 1. The maximum Gasteiger partial charge on any atom is 0.359 e. The van der Waals surface area contributed by atoms with Gasteiger partial charge >= 0.3 is 17.6 Å². The lowest BCUT2D eigenvalue weighted by molar-refractivity contribution is -0.137. The second kappa shape index (κ2) is 9.75. The molecule has 0 aliphatic heterocycles. The molecule has 2 N–H and O–H groups in total. The molecule has 1 aliphatic carbocycles. The largest absolute Gasteiger partial charge is 0.458 e. The monoisotopic (exact) mass is 466 g/mol. The first-order valence-corrected chi connectivity index (χ1v) is 11.6. The number of esters is 2. The predicted octanol–water partition coefficient (Wildman–Crippen LogP) is 4.88. The van der Waals surface area contributed by atoms with E-state index in [1.54, 1.807) is 38.1 Å². The molecule has 0 amide bonds. The van der Waals surface area contributed by atoms with Crippen molar-refractivity contribution in [2.24, 2.45) is 5.92 Å². The predicted molar refractivity (Wildman–Crippen MR) is 128 cm³/mol. The number of benzene rings is 1. The average Bonchev–Trinajstić information content (AvgIpc) is 3.12. The van der Waals surface area contributed by atoms with Crippen molar-refractivity contribution < 1.29 is 23.5 Å². The van der Waals surface area contributed by atoms with E-state index in [0.29, 0.717) is 34.5 Å². The highest BCUT2D eigenvalue weighted by molar-refractivity contribution is 5.89. The molecule has 2 unspecified atom stereocenters. The molecule has 34 heavy (non-hydrogen) atoms. The van der Waals surface area contributed by atoms with E-state index in [2.05, 4.69) is 10.3 Å². The Morgan fingerprint density at radius 1 is 1.15 bits per heavy atom. The Morgan fingerprint density at radius 2 is 1.94 bits per heavy atom. The zero-order valence-corrected chi connectivity index (χ0v) is 19.9. The summed E-state index contributed by atoms with van der Waals surface area (Å²) in [6.07, 6.45) is 2.89. The molecule has 0 saturated heterocycles. The fraction of sp³-hybridized carbons (Fsp3) is 0.423. The average molecular weight is 467 g/mol. The summed E-state index contributed by atoms with van der Waals surface area (Å²) in [7, 11) is 0. The molecule has 1 fully saturated rings. The van der Waals surface area contributed by atoms with E-state index in [4.69, 9.17) is 13.9 Å². The van der Waals surface area contributed by atoms with E-state index in [0.717, 1.165) is 30.5 Å². The number of aryl methyl sites for hydroxylation is 2. The summed E-state index contributed by atoms with van der Waals surface area (Å²) in [5.41, 5.74) is 2.46. The number of carbonyl (C=O) groups excluding carboxylic acids is 2. The van der Waals surface area contributed by atoms with E-state index in [1.807, 2.05) is 19.9 Å². The van der Waals surface area contributed by atoms with Crippen molar-refractivity contribution in [2.45, 2.75) is 65.5 Å². The van der Waals surface area contributed by atoms with Crippen molar-refractivity contribution in [2.75, 3.05) is 5.32 Å². The Balaban J connectivity index is 1.43. The number of carbonyl (C=O) groups is 2. The summed E-state index contributed by atoms with van der Waals surface area (Å²) >= 11 is 0. The molecule has 0 bridgehead atoms. The van der Waals surface area contributed by atoms with E-state index in [9.17, 15) is 14.4 Å². The van der Waals surface area contributed by atoms with Gasteiger partial charge in [0.25, 0.3) is 0 Å². The quantitative estimate of drug-likeness (QED) is 0.303. The highest BCUT2D eigenvalue weighted by Crippen LogP contribution is 2.27. The minimum absolute atomic E-state index is 0.0235. The van der Waals surface area contributed by atoms with Gasteiger partial charge in [0.1, 0.15) is 28.8 Å². The molecule has 2 heterocycles. The van der Waals surface area contributed by atoms with Crippen molar-refractivity contribution in [1.29, 1.82) is 0 Å². The fourth-order valence-corrected chi connectivity index (χ4v) is 4.24. The molecular weight excluding hydrogens is 436 g/mol. The van der Waals surface area contributed by atoms with Crippen LogP contribution in [0.4, 0.5) is 5.69 Å². The van der Waals surface area contributed by atoms with E-state index < -0.39 is 5.63 Å². The molecule has 4 rings (SSSR count). The van der Waals surface area contributed by atoms with E-state index >= 15 is 0 Å². The topological polar surface area (TPSA) is 111 Å². The summed E-state index contributed by atoms with van der Waals surface area (Å²) in [6, 6.07) is 8.59.